The highest BCUT2D eigenvalue weighted by Crippen LogP contribution is 2.27. The van der Waals surface area contributed by atoms with Gasteiger partial charge in [0.25, 0.3) is 0 Å². The van der Waals surface area contributed by atoms with Gasteiger partial charge in [0.05, 0.1) is 11.6 Å². The molecule has 3 rings (SSSR count). The number of rotatable bonds is 1. The molecule has 0 fully saturated rings. The fourth-order valence-electron chi connectivity index (χ4n) is 1.67. The summed E-state index contributed by atoms with van der Waals surface area (Å²) in [4.78, 5) is 3.46. The first-order valence-electron chi connectivity index (χ1n) is 7.60. The molecule has 0 aliphatic heterocycles. The van der Waals surface area contributed by atoms with Gasteiger partial charge in [-0.25, -0.2) is 14.1 Å². The van der Waals surface area contributed by atoms with Crippen molar-refractivity contribution in [1.82, 2.24) is 14.8 Å². The minimum Gasteiger partial charge on any atom is -0.224 e. The Bertz CT molecular complexity index is 837. The maximum atomic E-state index is 12.3. The predicted molar refractivity (Wildman–Crippen MR) is 88.8 cm³/mol. The number of pyridine rings is 1. The normalized spacial score (nSPS) is 9.88. The van der Waals surface area contributed by atoms with E-state index in [1.165, 1.54) is 47.4 Å². The van der Waals surface area contributed by atoms with Crippen molar-refractivity contribution in [3.05, 3.63) is 78.0 Å². The summed E-state index contributed by atoms with van der Waals surface area (Å²) in [5.41, 5.74) is -0.564. The highest BCUT2D eigenvalue weighted by atomic mass is 19.4. The van der Waals surface area contributed by atoms with Crippen LogP contribution in [0.15, 0.2) is 60.9 Å². The second-order valence-corrected chi connectivity index (χ2v) is 4.45. The standard InChI is InChI=1S/C9H6F3N3.C7H4FN.C2H6/c10-9(11,12)7-3-1-4-8(14-7)15-6-2-5-13-15;8-7-3-1-2-6(4-7)5-9;1-2/h1-6H;1-4H;1-2H3. The Labute approximate surface area is 148 Å². The zero-order valence-corrected chi connectivity index (χ0v) is 14.1. The van der Waals surface area contributed by atoms with Crippen LogP contribution >= 0.6 is 0 Å². The SMILES string of the molecule is CC.FC(F)(F)c1cccc(-n2cccn2)n1.N#Cc1cccc(F)c1. The summed E-state index contributed by atoms with van der Waals surface area (Å²) in [7, 11) is 0. The van der Waals surface area contributed by atoms with E-state index in [1.54, 1.807) is 12.1 Å². The lowest BCUT2D eigenvalue weighted by molar-refractivity contribution is -0.141. The summed E-state index contributed by atoms with van der Waals surface area (Å²) in [6.07, 6.45) is -1.42. The smallest absolute Gasteiger partial charge is 0.224 e. The lowest BCUT2D eigenvalue weighted by atomic mass is 10.2. The molecule has 0 bridgehead atoms. The number of hydrogen-bond acceptors (Lipinski definition) is 3. The lowest BCUT2D eigenvalue weighted by Crippen LogP contribution is -2.10. The average Bonchev–Trinajstić information content (AvgIpc) is 3.18. The Morgan fingerprint density at radius 1 is 1.04 bits per heavy atom. The summed E-state index contributed by atoms with van der Waals surface area (Å²) >= 11 is 0. The Morgan fingerprint density at radius 2 is 1.73 bits per heavy atom. The minimum absolute atomic E-state index is 0.148. The van der Waals surface area contributed by atoms with Crippen LogP contribution in [0.4, 0.5) is 17.6 Å². The number of benzene rings is 1. The zero-order valence-electron chi connectivity index (χ0n) is 14.1. The molecule has 4 nitrogen and oxygen atoms in total. The molecule has 0 saturated heterocycles. The van der Waals surface area contributed by atoms with Crippen LogP contribution in [-0.4, -0.2) is 14.8 Å². The molecule has 0 radical (unpaired) electrons. The fourth-order valence-corrected chi connectivity index (χ4v) is 1.67. The van der Waals surface area contributed by atoms with Crippen LogP contribution in [0.5, 0.6) is 0 Å². The predicted octanol–water partition coefficient (Wildman–Crippen LogP) is 5.01. The largest absolute Gasteiger partial charge is 0.433 e. The lowest BCUT2D eigenvalue weighted by Gasteiger charge is -2.07. The molecular weight excluding hydrogens is 348 g/mol. The van der Waals surface area contributed by atoms with Crippen molar-refractivity contribution in [3.8, 4) is 11.9 Å². The first kappa shape index (κ1) is 20.8. The first-order chi connectivity index (χ1) is 12.4. The molecule has 3 aromatic rings. The van der Waals surface area contributed by atoms with Crippen LogP contribution in [0.25, 0.3) is 5.82 Å². The minimum atomic E-state index is -4.43. The summed E-state index contributed by atoms with van der Waals surface area (Å²) in [6.45, 7) is 4.00. The highest BCUT2D eigenvalue weighted by molar-refractivity contribution is 5.28. The van der Waals surface area contributed by atoms with Crippen molar-refractivity contribution in [1.29, 1.82) is 5.26 Å². The van der Waals surface area contributed by atoms with E-state index in [-0.39, 0.29) is 11.6 Å². The molecule has 0 unspecified atom stereocenters. The van der Waals surface area contributed by atoms with Crippen LogP contribution in [0.2, 0.25) is 0 Å². The number of halogens is 4. The van der Waals surface area contributed by atoms with Crippen molar-refractivity contribution in [2.45, 2.75) is 20.0 Å². The van der Waals surface area contributed by atoms with Crippen LogP contribution < -0.4 is 0 Å². The average molecular weight is 364 g/mol. The molecule has 136 valence electrons. The van der Waals surface area contributed by atoms with Crippen LogP contribution in [0, 0.1) is 17.1 Å². The summed E-state index contributed by atoms with van der Waals surface area (Å²) < 4.78 is 50.4. The van der Waals surface area contributed by atoms with E-state index in [1.807, 2.05) is 19.9 Å². The van der Waals surface area contributed by atoms with Gasteiger partial charge >= 0.3 is 6.18 Å². The zero-order chi connectivity index (χ0) is 19.6. The van der Waals surface area contributed by atoms with Crippen molar-refractivity contribution in [3.63, 3.8) is 0 Å². The Kier molecular flexibility index (Phi) is 7.96. The summed E-state index contributed by atoms with van der Waals surface area (Å²) in [5.74, 6) is -0.219. The summed E-state index contributed by atoms with van der Waals surface area (Å²) in [5, 5.41) is 12.0. The van der Waals surface area contributed by atoms with Gasteiger partial charge in [-0.3, -0.25) is 0 Å². The number of hydrogen-bond donors (Lipinski definition) is 0. The maximum absolute atomic E-state index is 12.3. The van der Waals surface area contributed by atoms with Gasteiger partial charge in [-0.05, 0) is 36.4 Å². The van der Waals surface area contributed by atoms with E-state index in [2.05, 4.69) is 10.1 Å². The van der Waals surface area contributed by atoms with E-state index in [9.17, 15) is 17.6 Å². The third-order valence-corrected chi connectivity index (χ3v) is 2.72. The van der Waals surface area contributed by atoms with Crippen LogP contribution in [0.3, 0.4) is 0 Å². The van der Waals surface area contributed by atoms with Crippen molar-refractivity contribution in [2.75, 3.05) is 0 Å². The molecule has 0 amide bonds. The topological polar surface area (TPSA) is 54.5 Å². The van der Waals surface area contributed by atoms with Gasteiger partial charge in [0.15, 0.2) is 5.82 Å². The van der Waals surface area contributed by atoms with Crippen LogP contribution in [-0.2, 0) is 6.18 Å². The second kappa shape index (κ2) is 9.93. The molecular formula is C18H16F4N4. The van der Waals surface area contributed by atoms with Gasteiger partial charge in [0, 0.05) is 12.4 Å². The molecule has 0 atom stereocenters. The third kappa shape index (κ3) is 6.36. The van der Waals surface area contributed by atoms with Crippen molar-refractivity contribution in [2.24, 2.45) is 0 Å². The number of nitriles is 1. The number of aromatic nitrogens is 3. The fraction of sp³-hybridized carbons (Fsp3) is 0.167. The van der Waals surface area contributed by atoms with Gasteiger partial charge in [0.1, 0.15) is 11.5 Å². The molecule has 0 spiro atoms. The molecule has 0 aliphatic carbocycles. The molecule has 2 aromatic heterocycles. The number of nitrogens with zero attached hydrogens (tertiary/aromatic N) is 4. The van der Waals surface area contributed by atoms with Crippen molar-refractivity contribution >= 4 is 0 Å². The molecule has 0 N–H and O–H groups in total. The molecule has 0 saturated carbocycles. The van der Waals surface area contributed by atoms with E-state index in [0.29, 0.717) is 5.56 Å². The van der Waals surface area contributed by atoms with E-state index in [4.69, 9.17) is 5.26 Å². The van der Waals surface area contributed by atoms with E-state index >= 15 is 0 Å². The monoisotopic (exact) mass is 364 g/mol. The molecule has 2 heterocycles. The van der Waals surface area contributed by atoms with Gasteiger partial charge < -0.3 is 0 Å². The van der Waals surface area contributed by atoms with Crippen molar-refractivity contribution < 1.29 is 17.6 Å². The van der Waals surface area contributed by atoms with E-state index in [0.717, 1.165) is 6.07 Å². The van der Waals surface area contributed by atoms with Gasteiger partial charge in [-0.15, -0.1) is 0 Å². The highest BCUT2D eigenvalue weighted by Gasteiger charge is 2.32. The van der Waals surface area contributed by atoms with E-state index < -0.39 is 11.9 Å². The summed E-state index contributed by atoms with van der Waals surface area (Å²) in [6, 6.07) is 12.7. The first-order valence-corrected chi connectivity index (χ1v) is 7.60. The molecule has 1 aromatic carbocycles. The van der Waals surface area contributed by atoms with Gasteiger partial charge in [-0.1, -0.05) is 26.0 Å². The molecule has 0 aliphatic rings. The van der Waals surface area contributed by atoms with Crippen LogP contribution in [0.1, 0.15) is 25.1 Å². The Hall–Kier alpha value is -3.21. The second-order valence-electron chi connectivity index (χ2n) is 4.45. The quantitative estimate of drug-likeness (QED) is 0.571. The van der Waals surface area contributed by atoms with Gasteiger partial charge in [0.2, 0.25) is 0 Å². The maximum Gasteiger partial charge on any atom is 0.433 e. The Morgan fingerprint density at radius 3 is 2.23 bits per heavy atom. The van der Waals surface area contributed by atoms with Gasteiger partial charge in [-0.2, -0.15) is 23.5 Å². The Balaban J connectivity index is 0.000000263. The number of alkyl halides is 3. The molecule has 26 heavy (non-hydrogen) atoms. The molecule has 8 heteroatoms. The third-order valence-electron chi connectivity index (χ3n) is 2.72.